The van der Waals surface area contributed by atoms with E-state index in [1.54, 1.807) is 18.4 Å². The lowest BCUT2D eigenvalue weighted by molar-refractivity contribution is 0.0994. The minimum atomic E-state index is 0.121. The molecular formula is C12H14N2OS. The van der Waals surface area contributed by atoms with Gasteiger partial charge in [-0.2, -0.15) is 0 Å². The summed E-state index contributed by atoms with van der Waals surface area (Å²) in [6.07, 6.45) is 0.944. The molecule has 1 aromatic heterocycles. The number of carbonyl (C=O) groups is 1. The molecule has 2 rings (SSSR count). The summed E-state index contributed by atoms with van der Waals surface area (Å²) >= 11 is 1.66. The summed E-state index contributed by atoms with van der Waals surface area (Å²) in [6, 6.07) is 5.71. The largest absolute Gasteiger partial charge is 0.313 e. The molecule has 0 saturated carbocycles. The van der Waals surface area contributed by atoms with Gasteiger partial charge in [0.1, 0.15) is 0 Å². The highest BCUT2D eigenvalue weighted by Crippen LogP contribution is 2.23. The fourth-order valence-electron chi connectivity index (χ4n) is 1.56. The molecule has 84 valence electrons. The molecule has 4 heteroatoms. The molecule has 0 amide bonds. The number of ketones is 1. The van der Waals surface area contributed by atoms with Crippen molar-refractivity contribution in [1.82, 2.24) is 10.3 Å². The van der Waals surface area contributed by atoms with Crippen LogP contribution in [0.25, 0.3) is 10.2 Å². The van der Waals surface area contributed by atoms with Crippen LogP contribution >= 0.6 is 11.3 Å². The zero-order valence-electron chi connectivity index (χ0n) is 9.41. The van der Waals surface area contributed by atoms with E-state index in [-0.39, 0.29) is 5.78 Å². The molecule has 2 aromatic rings. The molecule has 1 aromatic carbocycles. The van der Waals surface area contributed by atoms with Crippen LogP contribution in [-0.4, -0.2) is 24.4 Å². The third kappa shape index (κ3) is 2.13. The van der Waals surface area contributed by atoms with Crippen LogP contribution in [0.15, 0.2) is 18.2 Å². The molecule has 1 heterocycles. The van der Waals surface area contributed by atoms with Crippen molar-refractivity contribution in [3.63, 3.8) is 0 Å². The topological polar surface area (TPSA) is 42.0 Å². The first kappa shape index (κ1) is 11.2. The minimum absolute atomic E-state index is 0.121. The highest BCUT2D eigenvalue weighted by atomic mass is 32.1. The molecule has 0 spiro atoms. The third-order valence-corrected chi connectivity index (χ3v) is 3.56. The number of carbonyl (C=O) groups excluding carboxylic acids is 1. The average molecular weight is 234 g/mol. The van der Waals surface area contributed by atoms with Crippen molar-refractivity contribution in [2.45, 2.75) is 13.3 Å². The predicted octanol–water partition coefficient (Wildman–Crippen LogP) is 2.26. The van der Waals surface area contributed by atoms with Crippen LogP contribution in [0.2, 0.25) is 0 Å². The van der Waals surface area contributed by atoms with Crippen molar-refractivity contribution in [3.8, 4) is 0 Å². The van der Waals surface area contributed by atoms with E-state index in [1.807, 2.05) is 18.2 Å². The van der Waals surface area contributed by atoms with Crippen molar-refractivity contribution in [1.29, 1.82) is 0 Å². The van der Waals surface area contributed by atoms with Gasteiger partial charge >= 0.3 is 0 Å². The maximum Gasteiger partial charge on any atom is 0.176 e. The minimum Gasteiger partial charge on any atom is -0.313 e. The standard InChI is InChI=1S/C12H14N2OS/c1-3-12-14-9-5-4-8(6-11(9)16-12)10(15)7-13-2/h4-6,13H,3,7H2,1-2H3. The Morgan fingerprint density at radius 1 is 1.50 bits per heavy atom. The number of aryl methyl sites for hydroxylation is 1. The number of aromatic nitrogens is 1. The number of hydrogen-bond donors (Lipinski definition) is 1. The molecule has 0 bridgehead atoms. The Hall–Kier alpha value is -1.26. The lowest BCUT2D eigenvalue weighted by Gasteiger charge is -1.99. The van der Waals surface area contributed by atoms with E-state index < -0.39 is 0 Å². The van der Waals surface area contributed by atoms with E-state index in [4.69, 9.17) is 0 Å². The Morgan fingerprint density at radius 2 is 2.31 bits per heavy atom. The quantitative estimate of drug-likeness (QED) is 0.825. The maximum atomic E-state index is 11.7. The highest BCUT2D eigenvalue weighted by molar-refractivity contribution is 7.18. The van der Waals surface area contributed by atoms with Gasteiger partial charge in [-0.05, 0) is 31.7 Å². The zero-order chi connectivity index (χ0) is 11.5. The van der Waals surface area contributed by atoms with Gasteiger partial charge < -0.3 is 5.32 Å². The Morgan fingerprint density at radius 3 is 3.00 bits per heavy atom. The molecule has 0 fully saturated rings. The fourth-order valence-corrected chi connectivity index (χ4v) is 2.51. The highest BCUT2D eigenvalue weighted by Gasteiger charge is 2.08. The van der Waals surface area contributed by atoms with Gasteiger partial charge in [0.05, 0.1) is 21.8 Å². The summed E-state index contributed by atoms with van der Waals surface area (Å²) in [7, 11) is 1.78. The molecular weight excluding hydrogens is 220 g/mol. The number of benzene rings is 1. The number of rotatable bonds is 4. The maximum absolute atomic E-state index is 11.7. The van der Waals surface area contributed by atoms with Crippen molar-refractivity contribution in [2.75, 3.05) is 13.6 Å². The van der Waals surface area contributed by atoms with Crippen molar-refractivity contribution >= 4 is 27.3 Å². The molecule has 0 aliphatic heterocycles. The van der Waals surface area contributed by atoms with Gasteiger partial charge in [-0.25, -0.2) is 4.98 Å². The molecule has 3 nitrogen and oxygen atoms in total. The van der Waals surface area contributed by atoms with Crippen LogP contribution < -0.4 is 5.32 Å². The monoisotopic (exact) mass is 234 g/mol. The van der Waals surface area contributed by atoms with Gasteiger partial charge in [-0.1, -0.05) is 6.92 Å². The van der Waals surface area contributed by atoms with E-state index in [9.17, 15) is 4.79 Å². The van der Waals surface area contributed by atoms with Crippen LogP contribution in [0.4, 0.5) is 0 Å². The number of fused-ring (bicyclic) bond motifs is 1. The van der Waals surface area contributed by atoms with Gasteiger partial charge in [0.15, 0.2) is 5.78 Å². The first-order chi connectivity index (χ1) is 7.74. The first-order valence-corrected chi connectivity index (χ1v) is 6.13. The Kier molecular flexibility index (Phi) is 3.31. The summed E-state index contributed by atoms with van der Waals surface area (Å²) in [4.78, 5) is 16.2. The van der Waals surface area contributed by atoms with Crippen LogP contribution in [0.1, 0.15) is 22.3 Å². The van der Waals surface area contributed by atoms with Gasteiger partial charge in [-0.15, -0.1) is 11.3 Å². The van der Waals surface area contributed by atoms with Crippen LogP contribution in [-0.2, 0) is 6.42 Å². The number of thiazole rings is 1. The van der Waals surface area contributed by atoms with Crippen molar-refractivity contribution in [2.24, 2.45) is 0 Å². The molecule has 1 N–H and O–H groups in total. The Balaban J connectivity index is 2.39. The second-order valence-corrected chi connectivity index (χ2v) is 4.71. The fraction of sp³-hybridized carbons (Fsp3) is 0.333. The van der Waals surface area contributed by atoms with Gasteiger partial charge in [0.25, 0.3) is 0 Å². The third-order valence-electron chi connectivity index (χ3n) is 2.39. The van der Waals surface area contributed by atoms with E-state index in [2.05, 4.69) is 17.2 Å². The molecule has 0 aliphatic rings. The SMILES string of the molecule is CCc1nc2ccc(C(=O)CNC)cc2s1. The van der Waals surface area contributed by atoms with E-state index in [1.165, 1.54) is 0 Å². The molecule has 16 heavy (non-hydrogen) atoms. The smallest absolute Gasteiger partial charge is 0.176 e. The first-order valence-electron chi connectivity index (χ1n) is 5.32. The summed E-state index contributed by atoms with van der Waals surface area (Å²) in [5.74, 6) is 0.121. The number of nitrogens with one attached hydrogen (secondary N) is 1. The van der Waals surface area contributed by atoms with Crippen molar-refractivity contribution in [3.05, 3.63) is 28.8 Å². The number of likely N-dealkylation sites (N-methyl/N-ethyl adjacent to an activating group) is 1. The van der Waals surface area contributed by atoms with E-state index in [0.717, 1.165) is 27.2 Å². The second kappa shape index (κ2) is 4.72. The summed E-state index contributed by atoms with van der Waals surface area (Å²) in [5.41, 5.74) is 1.75. The number of hydrogen-bond acceptors (Lipinski definition) is 4. The van der Waals surface area contributed by atoms with Crippen LogP contribution in [0, 0.1) is 0 Å². The zero-order valence-corrected chi connectivity index (χ0v) is 10.2. The molecule has 0 saturated heterocycles. The van der Waals surface area contributed by atoms with Gasteiger partial charge in [0.2, 0.25) is 0 Å². The second-order valence-electron chi connectivity index (χ2n) is 3.60. The normalized spacial score (nSPS) is 10.9. The van der Waals surface area contributed by atoms with Crippen molar-refractivity contribution < 1.29 is 4.79 Å². The molecule has 0 aliphatic carbocycles. The lowest BCUT2D eigenvalue weighted by atomic mass is 10.1. The number of Topliss-reactive ketones (excluding diaryl/α,β-unsaturated/α-hetero) is 1. The molecule has 0 radical (unpaired) electrons. The molecule has 0 atom stereocenters. The van der Waals surface area contributed by atoms with Crippen LogP contribution in [0.5, 0.6) is 0 Å². The van der Waals surface area contributed by atoms with Crippen LogP contribution in [0.3, 0.4) is 0 Å². The van der Waals surface area contributed by atoms with E-state index in [0.29, 0.717) is 6.54 Å². The average Bonchev–Trinajstić information content (AvgIpc) is 2.70. The predicted molar refractivity (Wildman–Crippen MR) is 67.3 cm³/mol. The lowest BCUT2D eigenvalue weighted by Crippen LogP contribution is -2.18. The Bertz CT molecular complexity index is 519. The number of nitrogens with zero attached hydrogens (tertiary/aromatic N) is 1. The van der Waals surface area contributed by atoms with Gasteiger partial charge in [-0.3, -0.25) is 4.79 Å². The Labute approximate surface area is 98.5 Å². The van der Waals surface area contributed by atoms with E-state index >= 15 is 0 Å². The molecule has 0 unspecified atom stereocenters. The summed E-state index contributed by atoms with van der Waals surface area (Å²) in [6.45, 7) is 2.47. The summed E-state index contributed by atoms with van der Waals surface area (Å²) < 4.78 is 1.10. The summed E-state index contributed by atoms with van der Waals surface area (Å²) in [5, 5.41) is 3.99. The van der Waals surface area contributed by atoms with Gasteiger partial charge in [0, 0.05) is 5.56 Å².